The third-order valence-corrected chi connectivity index (χ3v) is 1.73. The van der Waals surface area contributed by atoms with Crippen LogP contribution < -0.4 is 5.56 Å². The Morgan fingerprint density at radius 1 is 1.43 bits per heavy atom. The Morgan fingerprint density at radius 3 is 2.86 bits per heavy atom. The normalized spacial score (nSPS) is 9.93. The molecular weight excluding hydrogens is 184 g/mol. The summed E-state index contributed by atoms with van der Waals surface area (Å²) in [4.78, 5) is 21.1. The lowest BCUT2D eigenvalue weighted by Crippen LogP contribution is -2.11. The molecule has 2 rings (SSSR count). The van der Waals surface area contributed by atoms with Gasteiger partial charge in [-0.2, -0.15) is 5.26 Å². The molecule has 0 aliphatic rings. The molecule has 6 heteroatoms. The summed E-state index contributed by atoms with van der Waals surface area (Å²) in [7, 11) is 0. The minimum absolute atomic E-state index is 0.114. The minimum Gasteiger partial charge on any atom is -0.504 e. The topological polar surface area (TPSA) is 103 Å². The van der Waals surface area contributed by atoms with Gasteiger partial charge in [0.15, 0.2) is 17.0 Å². The van der Waals surface area contributed by atoms with Gasteiger partial charge in [0.1, 0.15) is 11.6 Å². The number of hydrogen-bond acceptors (Lipinski definition) is 5. The van der Waals surface area contributed by atoms with Crippen molar-refractivity contribution in [2.24, 2.45) is 0 Å². The fourth-order valence-corrected chi connectivity index (χ4v) is 1.10. The van der Waals surface area contributed by atoms with Crippen molar-refractivity contribution >= 4 is 11.2 Å². The molecule has 0 aliphatic heterocycles. The number of nitrogens with one attached hydrogen (secondary N) is 1. The van der Waals surface area contributed by atoms with Crippen molar-refractivity contribution in [3.63, 3.8) is 0 Å². The van der Waals surface area contributed by atoms with Crippen LogP contribution in [-0.4, -0.2) is 20.1 Å². The summed E-state index contributed by atoms with van der Waals surface area (Å²) in [6, 6.07) is 1.59. The van der Waals surface area contributed by atoms with Gasteiger partial charge in [-0.3, -0.25) is 4.79 Å². The SMILES string of the molecule is N#Cc1c(O)c2nccnc2[nH]c1=O. The van der Waals surface area contributed by atoms with Crippen LogP contribution >= 0.6 is 0 Å². The summed E-state index contributed by atoms with van der Waals surface area (Å²) in [5.41, 5.74) is -0.742. The number of nitriles is 1. The second-order valence-corrected chi connectivity index (χ2v) is 2.54. The predicted molar refractivity (Wildman–Crippen MR) is 46.5 cm³/mol. The van der Waals surface area contributed by atoms with E-state index in [1.165, 1.54) is 12.4 Å². The molecule has 0 bridgehead atoms. The Morgan fingerprint density at radius 2 is 2.14 bits per heavy atom. The van der Waals surface area contributed by atoms with E-state index in [9.17, 15) is 9.90 Å². The molecule has 14 heavy (non-hydrogen) atoms. The standard InChI is InChI=1S/C8H4N4O2/c9-3-4-6(13)5-7(12-8(4)14)11-2-1-10-5/h1-2H,(H2,11,12,13,14). The number of pyridine rings is 1. The zero-order valence-electron chi connectivity index (χ0n) is 6.85. The molecule has 2 aromatic rings. The third kappa shape index (κ3) is 0.998. The number of nitrogens with zero attached hydrogens (tertiary/aromatic N) is 3. The van der Waals surface area contributed by atoms with Crippen molar-refractivity contribution < 1.29 is 5.11 Å². The van der Waals surface area contributed by atoms with Gasteiger partial charge in [0, 0.05) is 12.4 Å². The van der Waals surface area contributed by atoms with E-state index in [2.05, 4.69) is 15.0 Å². The van der Waals surface area contributed by atoms with Crippen molar-refractivity contribution in [1.29, 1.82) is 5.26 Å². The molecule has 2 aromatic heterocycles. The van der Waals surface area contributed by atoms with Crippen molar-refractivity contribution in [2.75, 3.05) is 0 Å². The van der Waals surface area contributed by atoms with Gasteiger partial charge in [-0.15, -0.1) is 0 Å². The molecule has 0 fully saturated rings. The molecule has 0 unspecified atom stereocenters. The van der Waals surface area contributed by atoms with E-state index in [1.54, 1.807) is 6.07 Å². The molecule has 0 saturated heterocycles. The minimum atomic E-state index is -0.669. The Bertz CT molecular complexity index is 596. The van der Waals surface area contributed by atoms with Crippen LogP contribution in [0.25, 0.3) is 11.2 Å². The van der Waals surface area contributed by atoms with Crippen molar-refractivity contribution in [3.8, 4) is 11.8 Å². The van der Waals surface area contributed by atoms with Gasteiger partial charge in [-0.1, -0.05) is 0 Å². The number of H-pyrrole nitrogens is 1. The van der Waals surface area contributed by atoms with E-state index in [0.717, 1.165) is 0 Å². The van der Waals surface area contributed by atoms with E-state index in [0.29, 0.717) is 0 Å². The molecule has 2 heterocycles. The second kappa shape index (κ2) is 2.81. The smallest absolute Gasteiger partial charge is 0.271 e. The molecule has 0 spiro atoms. The highest BCUT2D eigenvalue weighted by Gasteiger charge is 2.11. The summed E-state index contributed by atoms with van der Waals surface area (Å²) < 4.78 is 0. The van der Waals surface area contributed by atoms with Crippen LogP contribution in [0.15, 0.2) is 17.2 Å². The number of aromatic nitrogens is 3. The lowest BCUT2D eigenvalue weighted by Gasteiger charge is -1.98. The molecule has 0 amide bonds. The first-order valence-corrected chi connectivity index (χ1v) is 3.70. The summed E-state index contributed by atoms with van der Waals surface area (Å²) in [5.74, 6) is -0.431. The van der Waals surface area contributed by atoms with Crippen LogP contribution in [-0.2, 0) is 0 Å². The monoisotopic (exact) mass is 188 g/mol. The van der Waals surface area contributed by atoms with Crippen molar-refractivity contribution in [3.05, 3.63) is 28.3 Å². The molecule has 0 aliphatic carbocycles. The maximum absolute atomic E-state index is 11.2. The quantitative estimate of drug-likeness (QED) is 0.600. The first kappa shape index (κ1) is 8.19. The first-order valence-electron chi connectivity index (χ1n) is 3.70. The molecule has 0 saturated carbocycles. The third-order valence-electron chi connectivity index (χ3n) is 1.73. The van der Waals surface area contributed by atoms with Crippen LogP contribution in [0, 0.1) is 11.3 Å². The number of hydrogen-bond donors (Lipinski definition) is 2. The van der Waals surface area contributed by atoms with E-state index in [-0.39, 0.29) is 16.7 Å². The van der Waals surface area contributed by atoms with Gasteiger partial charge in [0.25, 0.3) is 5.56 Å². The van der Waals surface area contributed by atoms with Gasteiger partial charge >= 0.3 is 0 Å². The van der Waals surface area contributed by atoms with Crippen molar-refractivity contribution in [2.45, 2.75) is 0 Å². The van der Waals surface area contributed by atoms with E-state index in [4.69, 9.17) is 5.26 Å². The molecular formula is C8H4N4O2. The van der Waals surface area contributed by atoms with Crippen molar-refractivity contribution in [1.82, 2.24) is 15.0 Å². The van der Waals surface area contributed by atoms with Gasteiger partial charge in [-0.05, 0) is 0 Å². The Kier molecular flexibility index (Phi) is 1.65. The number of rotatable bonds is 0. The Hall–Kier alpha value is -2.42. The van der Waals surface area contributed by atoms with Crippen LogP contribution in [0.2, 0.25) is 0 Å². The van der Waals surface area contributed by atoms with E-state index >= 15 is 0 Å². The summed E-state index contributed by atoms with van der Waals surface area (Å²) in [6.07, 6.45) is 2.74. The molecule has 0 aromatic carbocycles. The zero-order chi connectivity index (χ0) is 10.1. The molecule has 68 valence electrons. The fraction of sp³-hybridized carbons (Fsp3) is 0. The molecule has 2 N–H and O–H groups in total. The lowest BCUT2D eigenvalue weighted by atomic mass is 10.2. The summed E-state index contributed by atoms with van der Waals surface area (Å²) in [5, 5.41) is 18.1. The van der Waals surface area contributed by atoms with Crippen LogP contribution in [0.1, 0.15) is 5.56 Å². The molecule has 0 radical (unpaired) electrons. The highest BCUT2D eigenvalue weighted by molar-refractivity contribution is 5.79. The second-order valence-electron chi connectivity index (χ2n) is 2.54. The average Bonchev–Trinajstić information content (AvgIpc) is 2.18. The zero-order valence-corrected chi connectivity index (χ0v) is 6.85. The van der Waals surface area contributed by atoms with Gasteiger partial charge < -0.3 is 10.1 Å². The summed E-state index contributed by atoms with van der Waals surface area (Å²) >= 11 is 0. The molecule has 6 nitrogen and oxygen atoms in total. The highest BCUT2D eigenvalue weighted by Crippen LogP contribution is 2.19. The van der Waals surface area contributed by atoms with E-state index < -0.39 is 11.3 Å². The van der Waals surface area contributed by atoms with Gasteiger partial charge in [0.05, 0.1) is 0 Å². The van der Waals surface area contributed by atoms with E-state index in [1.807, 2.05) is 0 Å². The maximum atomic E-state index is 11.2. The largest absolute Gasteiger partial charge is 0.504 e. The van der Waals surface area contributed by atoms with Gasteiger partial charge in [-0.25, -0.2) is 9.97 Å². The summed E-state index contributed by atoms with van der Waals surface area (Å²) in [6.45, 7) is 0. The number of aromatic hydroxyl groups is 1. The number of fused-ring (bicyclic) bond motifs is 1. The molecule has 0 atom stereocenters. The Labute approximate surface area is 77.5 Å². The average molecular weight is 188 g/mol. The highest BCUT2D eigenvalue weighted by atomic mass is 16.3. The predicted octanol–water partition coefficient (Wildman–Crippen LogP) is -0.105. The van der Waals surface area contributed by atoms with Gasteiger partial charge in [0.2, 0.25) is 0 Å². The van der Waals surface area contributed by atoms with Crippen LogP contribution in [0.3, 0.4) is 0 Å². The number of aromatic amines is 1. The Balaban J connectivity index is 3.02. The lowest BCUT2D eigenvalue weighted by molar-refractivity contribution is 0.477. The fourth-order valence-electron chi connectivity index (χ4n) is 1.10. The first-order chi connectivity index (χ1) is 6.74. The van der Waals surface area contributed by atoms with Crippen LogP contribution in [0.4, 0.5) is 0 Å². The maximum Gasteiger partial charge on any atom is 0.271 e. The van der Waals surface area contributed by atoms with Crippen LogP contribution in [0.5, 0.6) is 5.75 Å².